The molecule has 22 heavy (non-hydrogen) atoms. The summed E-state index contributed by atoms with van der Waals surface area (Å²) < 4.78 is 43.8. The SMILES string of the molecule is CC(C)(CCl)C(=O)N1CC(Oc2ncccc2C(F)(F)F)C1. The molecule has 0 aromatic carbocycles. The van der Waals surface area contributed by atoms with Crippen molar-refractivity contribution in [1.82, 2.24) is 9.88 Å². The van der Waals surface area contributed by atoms with Crippen LogP contribution in [0.25, 0.3) is 0 Å². The average molecular weight is 337 g/mol. The number of hydrogen-bond acceptors (Lipinski definition) is 3. The van der Waals surface area contributed by atoms with E-state index in [1.54, 1.807) is 13.8 Å². The Balaban J connectivity index is 1.98. The van der Waals surface area contributed by atoms with E-state index in [0.29, 0.717) is 0 Å². The number of rotatable bonds is 4. The molecule has 1 amide bonds. The van der Waals surface area contributed by atoms with E-state index in [0.717, 1.165) is 6.07 Å². The maximum Gasteiger partial charge on any atom is 0.421 e. The van der Waals surface area contributed by atoms with E-state index in [2.05, 4.69) is 4.98 Å². The van der Waals surface area contributed by atoms with Crippen molar-refractivity contribution in [1.29, 1.82) is 0 Å². The molecule has 1 aromatic heterocycles. The highest BCUT2D eigenvalue weighted by Crippen LogP contribution is 2.35. The van der Waals surface area contributed by atoms with Gasteiger partial charge in [-0.2, -0.15) is 13.2 Å². The molecule has 8 heteroatoms. The summed E-state index contributed by atoms with van der Waals surface area (Å²) in [5.41, 5.74) is -1.62. The molecule has 0 unspecified atom stereocenters. The fraction of sp³-hybridized carbons (Fsp3) is 0.571. The summed E-state index contributed by atoms with van der Waals surface area (Å²) in [5, 5.41) is 0. The Morgan fingerprint density at radius 1 is 1.45 bits per heavy atom. The first-order valence-corrected chi connectivity index (χ1v) is 7.23. The highest BCUT2D eigenvalue weighted by Gasteiger charge is 2.41. The Morgan fingerprint density at radius 2 is 2.09 bits per heavy atom. The number of hydrogen-bond donors (Lipinski definition) is 0. The van der Waals surface area contributed by atoms with Gasteiger partial charge in [-0.3, -0.25) is 4.79 Å². The predicted octanol–water partition coefficient (Wildman–Crippen LogP) is 2.96. The Kier molecular flexibility index (Phi) is 4.56. The number of carbonyl (C=O) groups is 1. The van der Waals surface area contributed by atoms with E-state index in [9.17, 15) is 18.0 Å². The zero-order valence-corrected chi connectivity index (χ0v) is 12.9. The third kappa shape index (κ3) is 3.45. The lowest BCUT2D eigenvalue weighted by atomic mass is 9.92. The van der Waals surface area contributed by atoms with Crippen molar-refractivity contribution in [2.24, 2.45) is 5.41 Å². The topological polar surface area (TPSA) is 42.4 Å². The second kappa shape index (κ2) is 5.95. The molecule has 1 fully saturated rings. The largest absolute Gasteiger partial charge is 0.470 e. The van der Waals surface area contributed by atoms with Crippen molar-refractivity contribution in [3.63, 3.8) is 0 Å². The van der Waals surface area contributed by atoms with Gasteiger partial charge in [0.25, 0.3) is 0 Å². The first kappa shape index (κ1) is 16.9. The molecule has 0 bridgehead atoms. The normalized spacial score (nSPS) is 16.4. The van der Waals surface area contributed by atoms with Crippen molar-refractivity contribution in [3.05, 3.63) is 23.9 Å². The van der Waals surface area contributed by atoms with Gasteiger partial charge in [-0.25, -0.2) is 4.98 Å². The number of carbonyl (C=O) groups excluding carboxylic acids is 1. The molecule has 1 aromatic rings. The quantitative estimate of drug-likeness (QED) is 0.794. The summed E-state index contributed by atoms with van der Waals surface area (Å²) in [6.07, 6.45) is -3.78. The summed E-state index contributed by atoms with van der Waals surface area (Å²) in [5.74, 6) is -0.421. The number of amides is 1. The molecule has 2 heterocycles. The van der Waals surface area contributed by atoms with Gasteiger partial charge in [-0.1, -0.05) is 0 Å². The molecule has 2 rings (SSSR count). The highest BCUT2D eigenvalue weighted by molar-refractivity contribution is 6.19. The van der Waals surface area contributed by atoms with Gasteiger partial charge >= 0.3 is 6.18 Å². The maximum atomic E-state index is 12.8. The molecular weight excluding hydrogens is 321 g/mol. The Bertz CT molecular complexity index is 557. The molecule has 1 aliphatic heterocycles. The number of pyridine rings is 1. The second-order valence-corrected chi connectivity index (χ2v) is 6.09. The van der Waals surface area contributed by atoms with Crippen LogP contribution in [0.1, 0.15) is 19.4 Å². The van der Waals surface area contributed by atoms with E-state index in [4.69, 9.17) is 16.3 Å². The van der Waals surface area contributed by atoms with Gasteiger partial charge in [0.05, 0.1) is 18.5 Å². The minimum absolute atomic E-state index is 0.139. The molecule has 0 N–H and O–H groups in total. The zero-order chi connectivity index (χ0) is 16.5. The van der Waals surface area contributed by atoms with Crippen LogP contribution in [0, 0.1) is 5.41 Å². The minimum atomic E-state index is -4.52. The van der Waals surface area contributed by atoms with Gasteiger partial charge in [-0.05, 0) is 26.0 Å². The molecule has 0 atom stereocenters. The number of aromatic nitrogens is 1. The molecule has 1 aliphatic rings. The molecule has 122 valence electrons. The molecule has 0 aliphatic carbocycles. The molecule has 1 saturated heterocycles. The van der Waals surface area contributed by atoms with Crippen molar-refractivity contribution in [2.75, 3.05) is 19.0 Å². The first-order chi connectivity index (χ1) is 10.1. The van der Waals surface area contributed by atoms with Crippen molar-refractivity contribution in [2.45, 2.75) is 26.1 Å². The third-order valence-electron chi connectivity index (χ3n) is 3.40. The summed E-state index contributed by atoms with van der Waals surface area (Å²) in [6.45, 7) is 3.90. The Hall–Kier alpha value is -1.50. The van der Waals surface area contributed by atoms with Crippen molar-refractivity contribution < 1.29 is 22.7 Å². The molecule has 0 spiro atoms. The lowest BCUT2D eigenvalue weighted by Crippen LogP contribution is -2.59. The Morgan fingerprint density at radius 3 is 2.64 bits per heavy atom. The lowest BCUT2D eigenvalue weighted by Gasteiger charge is -2.42. The third-order valence-corrected chi connectivity index (χ3v) is 4.07. The van der Waals surface area contributed by atoms with Crippen LogP contribution in [0.3, 0.4) is 0 Å². The van der Waals surface area contributed by atoms with Gasteiger partial charge in [-0.15, -0.1) is 11.6 Å². The van der Waals surface area contributed by atoms with Crippen molar-refractivity contribution in [3.8, 4) is 5.88 Å². The standard InChI is InChI=1S/C14H16ClF3N2O2/c1-13(2,8-15)12(21)20-6-9(7-20)22-11-10(14(16,17)18)4-3-5-19-11/h3-5,9H,6-8H2,1-2H3. The van der Waals surface area contributed by atoms with E-state index in [-0.39, 0.29) is 24.9 Å². The maximum absolute atomic E-state index is 12.8. The summed E-state index contributed by atoms with van der Waals surface area (Å²) in [4.78, 5) is 17.2. The van der Waals surface area contributed by atoms with E-state index in [1.165, 1.54) is 17.2 Å². The van der Waals surface area contributed by atoms with Crippen LogP contribution in [-0.2, 0) is 11.0 Å². The highest BCUT2D eigenvalue weighted by atomic mass is 35.5. The molecular formula is C14H16ClF3N2O2. The molecule has 0 radical (unpaired) electrons. The minimum Gasteiger partial charge on any atom is -0.470 e. The van der Waals surface area contributed by atoms with Crippen LogP contribution in [-0.4, -0.2) is 40.9 Å². The number of alkyl halides is 4. The van der Waals surface area contributed by atoms with Crippen LogP contribution >= 0.6 is 11.6 Å². The zero-order valence-electron chi connectivity index (χ0n) is 12.2. The van der Waals surface area contributed by atoms with E-state index in [1.807, 2.05) is 0 Å². The van der Waals surface area contributed by atoms with Gasteiger partial charge in [0, 0.05) is 12.1 Å². The van der Waals surface area contributed by atoms with Crippen LogP contribution in [0.4, 0.5) is 13.2 Å². The Labute approximate surface area is 131 Å². The van der Waals surface area contributed by atoms with Crippen molar-refractivity contribution >= 4 is 17.5 Å². The summed E-state index contributed by atoms with van der Waals surface area (Å²) in [6, 6.07) is 2.12. The lowest BCUT2D eigenvalue weighted by molar-refractivity contribution is -0.150. The fourth-order valence-corrected chi connectivity index (χ4v) is 2.14. The monoisotopic (exact) mass is 336 g/mol. The molecule has 4 nitrogen and oxygen atoms in total. The van der Waals surface area contributed by atoms with Gasteiger partial charge in [0.15, 0.2) is 0 Å². The molecule has 0 saturated carbocycles. The predicted molar refractivity (Wildman–Crippen MR) is 74.7 cm³/mol. The first-order valence-electron chi connectivity index (χ1n) is 6.69. The summed E-state index contributed by atoms with van der Waals surface area (Å²) in [7, 11) is 0. The van der Waals surface area contributed by atoms with Gasteiger partial charge in [0.2, 0.25) is 11.8 Å². The smallest absolute Gasteiger partial charge is 0.421 e. The fourth-order valence-electron chi connectivity index (χ4n) is 2.02. The number of ether oxygens (including phenoxy) is 1. The average Bonchev–Trinajstić information content (AvgIpc) is 2.41. The van der Waals surface area contributed by atoms with Crippen LogP contribution < -0.4 is 4.74 Å². The van der Waals surface area contributed by atoms with Crippen LogP contribution in [0.15, 0.2) is 18.3 Å². The number of likely N-dealkylation sites (tertiary alicyclic amines) is 1. The summed E-state index contributed by atoms with van der Waals surface area (Å²) >= 11 is 5.74. The number of nitrogens with zero attached hydrogens (tertiary/aromatic N) is 2. The van der Waals surface area contributed by atoms with Crippen LogP contribution in [0.5, 0.6) is 5.88 Å². The second-order valence-electron chi connectivity index (χ2n) is 5.82. The van der Waals surface area contributed by atoms with Gasteiger partial charge < -0.3 is 9.64 Å². The van der Waals surface area contributed by atoms with E-state index < -0.39 is 29.1 Å². The van der Waals surface area contributed by atoms with E-state index >= 15 is 0 Å². The number of halogens is 4. The van der Waals surface area contributed by atoms with Crippen LogP contribution in [0.2, 0.25) is 0 Å². The van der Waals surface area contributed by atoms with Gasteiger partial charge in [0.1, 0.15) is 11.7 Å².